The van der Waals surface area contributed by atoms with Crippen LogP contribution in [0, 0.1) is 5.92 Å². The maximum Gasteiger partial charge on any atom is 0.305 e. The zero-order chi connectivity index (χ0) is 9.68. The Morgan fingerprint density at radius 1 is 1.38 bits per heavy atom. The first-order chi connectivity index (χ1) is 6.24. The number of carbonyl (C=O) groups excluding carboxylic acids is 1. The molecule has 0 spiro atoms. The molecule has 0 radical (unpaired) electrons. The number of aliphatic hydroxyl groups is 1. The maximum absolute atomic E-state index is 11.0. The fourth-order valence-electron chi connectivity index (χ4n) is 1.90. The molecule has 0 aliphatic heterocycles. The van der Waals surface area contributed by atoms with Gasteiger partial charge in [-0.1, -0.05) is 19.3 Å². The highest BCUT2D eigenvalue weighted by atomic mass is 16.5. The molecule has 1 aliphatic rings. The monoisotopic (exact) mass is 186 g/mol. The summed E-state index contributed by atoms with van der Waals surface area (Å²) in [6.07, 6.45) is 5.24. The molecule has 76 valence electrons. The van der Waals surface area contributed by atoms with Crippen molar-refractivity contribution >= 4 is 5.97 Å². The number of methoxy groups -OCH3 is 1. The molecule has 0 saturated heterocycles. The normalized spacial score (nSPS) is 29.4. The van der Waals surface area contributed by atoms with E-state index in [0.29, 0.717) is 6.42 Å². The van der Waals surface area contributed by atoms with Crippen molar-refractivity contribution in [2.24, 2.45) is 5.92 Å². The minimum atomic E-state index is -0.304. The quantitative estimate of drug-likeness (QED) is 0.525. The Bertz CT molecular complexity index is 168. The first-order valence-corrected chi connectivity index (χ1v) is 4.99. The average molecular weight is 186 g/mol. The predicted octanol–water partition coefficient (Wildman–Crippen LogP) is 1.49. The molecule has 13 heavy (non-hydrogen) atoms. The van der Waals surface area contributed by atoms with E-state index < -0.39 is 0 Å². The smallest absolute Gasteiger partial charge is 0.305 e. The van der Waals surface area contributed by atoms with Crippen molar-refractivity contribution in [1.29, 1.82) is 0 Å². The average Bonchev–Trinajstić information content (AvgIpc) is 2.32. The van der Waals surface area contributed by atoms with Crippen molar-refractivity contribution in [3.63, 3.8) is 0 Å². The van der Waals surface area contributed by atoms with Gasteiger partial charge in [0.2, 0.25) is 0 Å². The number of esters is 1. The van der Waals surface area contributed by atoms with Gasteiger partial charge in [0.15, 0.2) is 0 Å². The van der Waals surface area contributed by atoms with Crippen LogP contribution in [0.1, 0.15) is 38.5 Å². The van der Waals surface area contributed by atoms with Gasteiger partial charge in [0.25, 0.3) is 0 Å². The van der Waals surface area contributed by atoms with Crippen LogP contribution in [0.3, 0.4) is 0 Å². The first-order valence-electron chi connectivity index (χ1n) is 4.99. The number of rotatable bonds is 2. The Morgan fingerprint density at radius 2 is 2.08 bits per heavy atom. The largest absolute Gasteiger partial charge is 0.469 e. The van der Waals surface area contributed by atoms with Crippen LogP contribution in [0.15, 0.2) is 0 Å². The van der Waals surface area contributed by atoms with Crippen molar-refractivity contribution in [3.05, 3.63) is 0 Å². The summed E-state index contributed by atoms with van der Waals surface area (Å²) in [4.78, 5) is 11.0. The first kappa shape index (κ1) is 10.5. The zero-order valence-electron chi connectivity index (χ0n) is 8.16. The van der Waals surface area contributed by atoms with Gasteiger partial charge in [0.05, 0.1) is 19.6 Å². The zero-order valence-corrected chi connectivity index (χ0v) is 8.16. The van der Waals surface area contributed by atoms with Crippen LogP contribution < -0.4 is 0 Å². The number of aliphatic hydroxyl groups excluding tert-OH is 1. The van der Waals surface area contributed by atoms with Gasteiger partial charge < -0.3 is 9.84 Å². The predicted molar refractivity (Wildman–Crippen MR) is 49.2 cm³/mol. The second-order valence-electron chi connectivity index (χ2n) is 3.75. The van der Waals surface area contributed by atoms with Gasteiger partial charge in [-0.3, -0.25) is 4.79 Å². The van der Waals surface area contributed by atoms with Crippen molar-refractivity contribution in [3.8, 4) is 0 Å². The Kier molecular flexibility index (Phi) is 4.22. The topological polar surface area (TPSA) is 46.5 Å². The van der Waals surface area contributed by atoms with Gasteiger partial charge in [-0.2, -0.15) is 0 Å². The van der Waals surface area contributed by atoms with Crippen LogP contribution in [-0.2, 0) is 9.53 Å². The molecule has 1 saturated carbocycles. The summed E-state index contributed by atoms with van der Waals surface area (Å²) in [7, 11) is 1.39. The lowest BCUT2D eigenvalue weighted by Crippen LogP contribution is -2.22. The lowest BCUT2D eigenvalue weighted by atomic mass is 9.94. The van der Waals surface area contributed by atoms with Crippen molar-refractivity contribution in [2.45, 2.75) is 44.6 Å². The number of carbonyl (C=O) groups is 1. The van der Waals surface area contributed by atoms with Crippen LogP contribution in [0.2, 0.25) is 0 Å². The SMILES string of the molecule is COC(=O)C[C@H]1CCCCC[C@@H]1O. The molecule has 0 amide bonds. The van der Waals surface area contributed by atoms with E-state index in [1.54, 1.807) is 0 Å². The number of hydrogen-bond acceptors (Lipinski definition) is 3. The molecule has 0 aromatic rings. The Hall–Kier alpha value is -0.570. The molecule has 3 heteroatoms. The van der Waals surface area contributed by atoms with E-state index in [2.05, 4.69) is 4.74 Å². The summed E-state index contributed by atoms with van der Waals surface area (Å²) < 4.78 is 4.59. The second-order valence-corrected chi connectivity index (χ2v) is 3.75. The van der Waals surface area contributed by atoms with Gasteiger partial charge in [0.1, 0.15) is 0 Å². The molecule has 0 unspecified atom stereocenters. The third-order valence-corrected chi connectivity index (χ3v) is 2.78. The van der Waals surface area contributed by atoms with Crippen LogP contribution in [0.25, 0.3) is 0 Å². The molecular weight excluding hydrogens is 168 g/mol. The van der Waals surface area contributed by atoms with Crippen molar-refractivity contribution in [2.75, 3.05) is 7.11 Å². The molecular formula is C10H18O3. The van der Waals surface area contributed by atoms with E-state index >= 15 is 0 Å². The van der Waals surface area contributed by atoms with Crippen molar-refractivity contribution < 1.29 is 14.6 Å². The fraction of sp³-hybridized carbons (Fsp3) is 0.900. The third kappa shape index (κ3) is 3.35. The summed E-state index contributed by atoms with van der Waals surface area (Å²) in [5.41, 5.74) is 0. The molecule has 2 atom stereocenters. The van der Waals surface area contributed by atoms with E-state index in [4.69, 9.17) is 0 Å². The van der Waals surface area contributed by atoms with Gasteiger partial charge in [-0.25, -0.2) is 0 Å². The second kappa shape index (κ2) is 5.22. The van der Waals surface area contributed by atoms with Crippen LogP contribution in [0.4, 0.5) is 0 Å². The third-order valence-electron chi connectivity index (χ3n) is 2.78. The Morgan fingerprint density at radius 3 is 2.77 bits per heavy atom. The van der Waals surface area contributed by atoms with Gasteiger partial charge in [-0.15, -0.1) is 0 Å². The maximum atomic E-state index is 11.0. The van der Waals surface area contributed by atoms with Crippen LogP contribution in [0.5, 0.6) is 0 Å². The Labute approximate surface area is 79.1 Å². The van der Waals surface area contributed by atoms with Gasteiger partial charge in [-0.05, 0) is 18.8 Å². The minimum Gasteiger partial charge on any atom is -0.469 e. The summed E-state index contributed by atoms with van der Waals surface area (Å²) in [6.45, 7) is 0. The van der Waals surface area contributed by atoms with E-state index in [-0.39, 0.29) is 18.0 Å². The van der Waals surface area contributed by atoms with E-state index in [1.807, 2.05) is 0 Å². The van der Waals surface area contributed by atoms with E-state index in [0.717, 1.165) is 25.7 Å². The molecule has 0 bridgehead atoms. The lowest BCUT2D eigenvalue weighted by Gasteiger charge is -2.18. The highest BCUT2D eigenvalue weighted by Gasteiger charge is 2.24. The van der Waals surface area contributed by atoms with E-state index in [9.17, 15) is 9.90 Å². The van der Waals surface area contributed by atoms with Crippen molar-refractivity contribution in [1.82, 2.24) is 0 Å². The molecule has 0 heterocycles. The molecule has 1 fully saturated rings. The number of ether oxygens (including phenoxy) is 1. The summed E-state index contributed by atoms with van der Waals surface area (Å²) >= 11 is 0. The molecule has 1 N–H and O–H groups in total. The van der Waals surface area contributed by atoms with Crippen LogP contribution in [-0.4, -0.2) is 24.3 Å². The van der Waals surface area contributed by atoms with Crippen LogP contribution >= 0.6 is 0 Å². The lowest BCUT2D eigenvalue weighted by molar-refractivity contribution is -0.142. The molecule has 1 rings (SSSR count). The Balaban J connectivity index is 2.40. The highest BCUT2D eigenvalue weighted by Crippen LogP contribution is 2.26. The van der Waals surface area contributed by atoms with E-state index in [1.165, 1.54) is 13.5 Å². The highest BCUT2D eigenvalue weighted by molar-refractivity contribution is 5.69. The van der Waals surface area contributed by atoms with Gasteiger partial charge in [0, 0.05) is 0 Å². The standard InChI is InChI=1S/C10H18O3/c1-13-10(12)7-8-5-3-2-4-6-9(8)11/h8-9,11H,2-7H2,1H3/t8-,9+/m1/s1. The summed E-state index contributed by atoms with van der Waals surface area (Å²) in [5, 5.41) is 9.69. The van der Waals surface area contributed by atoms with Gasteiger partial charge >= 0.3 is 5.97 Å². The molecule has 0 aromatic carbocycles. The summed E-state index contributed by atoms with van der Waals surface area (Å²) in [5.74, 6) is -0.0825. The fourth-order valence-corrected chi connectivity index (χ4v) is 1.90. The number of hydrogen-bond donors (Lipinski definition) is 1. The molecule has 1 aliphatic carbocycles. The molecule has 0 aromatic heterocycles. The summed E-state index contributed by atoms with van der Waals surface area (Å²) in [6, 6.07) is 0. The minimum absolute atomic E-state index is 0.120. The molecule has 3 nitrogen and oxygen atoms in total.